The van der Waals surface area contributed by atoms with E-state index in [0.717, 1.165) is 0 Å². The number of carbonyl (C=O) groups excluding carboxylic acids is 1. The number of pyridine rings is 1. The number of ether oxygens (including phenoxy) is 2. The molecule has 1 aliphatic heterocycles. The maximum absolute atomic E-state index is 11.3. The Morgan fingerprint density at radius 3 is 3.32 bits per heavy atom. The first-order chi connectivity index (χ1) is 9.24. The Balaban J connectivity index is 2.09. The van der Waals surface area contributed by atoms with Gasteiger partial charge in [-0.05, 0) is 12.1 Å². The molecule has 0 aromatic carbocycles. The molecular weight excluding hydrogens is 246 g/mol. The molecule has 2 heterocycles. The summed E-state index contributed by atoms with van der Waals surface area (Å²) in [6.45, 7) is 1.69. The van der Waals surface area contributed by atoms with E-state index in [-0.39, 0.29) is 18.5 Å². The Morgan fingerprint density at radius 1 is 1.74 bits per heavy atom. The van der Waals surface area contributed by atoms with Gasteiger partial charge in [-0.25, -0.2) is 4.98 Å². The molecule has 0 bridgehead atoms. The fraction of sp³-hybridized carbons (Fsp3) is 0.462. The lowest BCUT2D eigenvalue weighted by Crippen LogP contribution is -2.44. The number of hydrogen-bond donors (Lipinski definition) is 0. The van der Waals surface area contributed by atoms with Crippen molar-refractivity contribution in [3.8, 4) is 6.07 Å². The molecule has 0 spiro atoms. The summed E-state index contributed by atoms with van der Waals surface area (Å²) in [6, 6.07) is 5.58. The Labute approximate surface area is 111 Å². The number of anilines is 1. The van der Waals surface area contributed by atoms with Crippen LogP contribution in [-0.2, 0) is 14.3 Å². The first-order valence-corrected chi connectivity index (χ1v) is 6.03. The predicted octanol–water partition coefficient (Wildman–Crippen LogP) is 0.722. The summed E-state index contributed by atoms with van der Waals surface area (Å²) >= 11 is 0. The molecule has 1 aromatic rings. The SMILES string of the molecule is COC(=O)CC1CN(c2ncccc2C#N)CCO1. The van der Waals surface area contributed by atoms with Crippen molar-refractivity contribution in [1.82, 2.24) is 4.98 Å². The summed E-state index contributed by atoms with van der Waals surface area (Å²) < 4.78 is 10.2. The molecule has 1 fully saturated rings. The standard InChI is InChI=1S/C13H15N3O3/c1-18-12(17)7-11-9-16(5-6-19-11)13-10(8-14)3-2-4-15-13/h2-4,11H,5-7,9H2,1H3. The van der Waals surface area contributed by atoms with E-state index >= 15 is 0 Å². The van der Waals surface area contributed by atoms with Crippen LogP contribution in [0.2, 0.25) is 0 Å². The highest BCUT2D eigenvalue weighted by atomic mass is 16.5. The summed E-state index contributed by atoms with van der Waals surface area (Å²) in [5, 5.41) is 9.08. The molecule has 100 valence electrons. The van der Waals surface area contributed by atoms with E-state index in [4.69, 9.17) is 10.00 Å². The minimum Gasteiger partial charge on any atom is -0.469 e. The van der Waals surface area contributed by atoms with Crippen LogP contribution in [0.5, 0.6) is 0 Å². The van der Waals surface area contributed by atoms with Gasteiger partial charge in [-0.15, -0.1) is 0 Å². The van der Waals surface area contributed by atoms with Gasteiger partial charge in [-0.2, -0.15) is 5.26 Å². The second kappa shape index (κ2) is 6.16. The van der Waals surface area contributed by atoms with Crippen molar-refractivity contribution in [2.24, 2.45) is 0 Å². The highest BCUT2D eigenvalue weighted by Crippen LogP contribution is 2.20. The summed E-state index contributed by atoms with van der Waals surface area (Å²) in [4.78, 5) is 17.5. The van der Waals surface area contributed by atoms with E-state index < -0.39 is 0 Å². The molecule has 1 saturated heterocycles. The van der Waals surface area contributed by atoms with Crippen molar-refractivity contribution < 1.29 is 14.3 Å². The van der Waals surface area contributed by atoms with Crippen LogP contribution in [0.25, 0.3) is 0 Å². The molecule has 0 amide bonds. The minimum atomic E-state index is -0.298. The lowest BCUT2D eigenvalue weighted by molar-refractivity contribution is -0.144. The van der Waals surface area contributed by atoms with E-state index in [1.807, 2.05) is 4.90 Å². The number of methoxy groups -OCH3 is 1. The molecule has 0 radical (unpaired) electrons. The van der Waals surface area contributed by atoms with Crippen molar-refractivity contribution in [3.63, 3.8) is 0 Å². The van der Waals surface area contributed by atoms with Crippen molar-refractivity contribution >= 4 is 11.8 Å². The third-order valence-corrected chi connectivity index (χ3v) is 2.97. The van der Waals surface area contributed by atoms with Crippen LogP contribution in [0.1, 0.15) is 12.0 Å². The maximum atomic E-state index is 11.3. The molecule has 2 rings (SSSR count). The Hall–Kier alpha value is -2.13. The average molecular weight is 261 g/mol. The van der Waals surface area contributed by atoms with Gasteiger partial charge in [0.25, 0.3) is 0 Å². The van der Waals surface area contributed by atoms with Crippen LogP contribution >= 0.6 is 0 Å². The second-order valence-electron chi connectivity index (χ2n) is 4.21. The molecular formula is C13H15N3O3. The van der Waals surface area contributed by atoms with Crippen molar-refractivity contribution in [1.29, 1.82) is 5.26 Å². The van der Waals surface area contributed by atoms with Gasteiger partial charge in [0.15, 0.2) is 0 Å². The van der Waals surface area contributed by atoms with Gasteiger partial charge in [-0.1, -0.05) is 0 Å². The monoisotopic (exact) mass is 261 g/mol. The molecule has 1 aromatic heterocycles. The quantitative estimate of drug-likeness (QED) is 0.746. The lowest BCUT2D eigenvalue weighted by Gasteiger charge is -2.33. The predicted molar refractivity (Wildman–Crippen MR) is 67.5 cm³/mol. The number of rotatable bonds is 3. The van der Waals surface area contributed by atoms with E-state index in [1.54, 1.807) is 18.3 Å². The summed E-state index contributed by atoms with van der Waals surface area (Å²) in [5.74, 6) is 0.344. The molecule has 6 heteroatoms. The number of morpholine rings is 1. The summed E-state index contributed by atoms with van der Waals surface area (Å²) in [6.07, 6.45) is 1.64. The summed E-state index contributed by atoms with van der Waals surface area (Å²) in [7, 11) is 1.36. The number of hydrogen-bond acceptors (Lipinski definition) is 6. The van der Waals surface area contributed by atoms with E-state index in [9.17, 15) is 4.79 Å². The van der Waals surface area contributed by atoms with Gasteiger partial charge in [0.05, 0.1) is 31.8 Å². The molecule has 1 unspecified atom stereocenters. The number of aromatic nitrogens is 1. The number of nitriles is 1. The van der Waals surface area contributed by atoms with Gasteiger partial charge in [0, 0.05) is 19.3 Å². The Morgan fingerprint density at radius 2 is 2.58 bits per heavy atom. The summed E-state index contributed by atoms with van der Waals surface area (Å²) in [5.41, 5.74) is 0.529. The average Bonchev–Trinajstić information content (AvgIpc) is 2.47. The Bertz CT molecular complexity index is 498. The van der Waals surface area contributed by atoms with Gasteiger partial charge < -0.3 is 14.4 Å². The number of carbonyl (C=O) groups is 1. The number of esters is 1. The number of nitrogens with zero attached hydrogens (tertiary/aromatic N) is 3. The molecule has 0 N–H and O–H groups in total. The van der Waals surface area contributed by atoms with Gasteiger partial charge in [-0.3, -0.25) is 4.79 Å². The van der Waals surface area contributed by atoms with Crippen LogP contribution in [-0.4, -0.2) is 43.9 Å². The van der Waals surface area contributed by atoms with Crippen LogP contribution in [0.3, 0.4) is 0 Å². The largest absolute Gasteiger partial charge is 0.469 e. The highest BCUT2D eigenvalue weighted by Gasteiger charge is 2.25. The minimum absolute atomic E-state index is 0.210. The first-order valence-electron chi connectivity index (χ1n) is 6.03. The first kappa shape index (κ1) is 13.3. The van der Waals surface area contributed by atoms with Crippen molar-refractivity contribution in [2.45, 2.75) is 12.5 Å². The lowest BCUT2D eigenvalue weighted by atomic mass is 10.2. The van der Waals surface area contributed by atoms with E-state index in [1.165, 1.54) is 7.11 Å². The fourth-order valence-corrected chi connectivity index (χ4v) is 2.04. The van der Waals surface area contributed by atoms with Gasteiger partial charge in [0.2, 0.25) is 0 Å². The Kier molecular flexibility index (Phi) is 4.31. The van der Waals surface area contributed by atoms with Crippen molar-refractivity contribution in [3.05, 3.63) is 23.9 Å². The zero-order valence-electron chi connectivity index (χ0n) is 10.7. The maximum Gasteiger partial charge on any atom is 0.308 e. The highest BCUT2D eigenvalue weighted by molar-refractivity contribution is 5.70. The smallest absolute Gasteiger partial charge is 0.308 e. The second-order valence-corrected chi connectivity index (χ2v) is 4.21. The van der Waals surface area contributed by atoms with E-state index in [0.29, 0.717) is 31.1 Å². The molecule has 0 aliphatic carbocycles. The third kappa shape index (κ3) is 3.20. The van der Waals surface area contributed by atoms with Gasteiger partial charge in [0.1, 0.15) is 11.9 Å². The third-order valence-electron chi connectivity index (χ3n) is 2.97. The molecule has 19 heavy (non-hydrogen) atoms. The zero-order chi connectivity index (χ0) is 13.7. The normalized spacial score (nSPS) is 18.7. The van der Waals surface area contributed by atoms with E-state index in [2.05, 4.69) is 15.8 Å². The fourth-order valence-electron chi connectivity index (χ4n) is 2.04. The van der Waals surface area contributed by atoms with Crippen LogP contribution in [0.4, 0.5) is 5.82 Å². The molecule has 6 nitrogen and oxygen atoms in total. The zero-order valence-corrected chi connectivity index (χ0v) is 10.7. The molecule has 0 saturated carbocycles. The molecule has 1 atom stereocenters. The van der Waals surface area contributed by atoms with Crippen LogP contribution in [0, 0.1) is 11.3 Å². The topological polar surface area (TPSA) is 75.5 Å². The van der Waals surface area contributed by atoms with Gasteiger partial charge >= 0.3 is 5.97 Å². The van der Waals surface area contributed by atoms with Crippen LogP contribution < -0.4 is 4.90 Å². The molecule has 1 aliphatic rings. The van der Waals surface area contributed by atoms with Crippen LogP contribution in [0.15, 0.2) is 18.3 Å². The van der Waals surface area contributed by atoms with Crippen molar-refractivity contribution in [2.75, 3.05) is 31.7 Å².